The fourth-order valence-corrected chi connectivity index (χ4v) is 2.02. The molecule has 0 radical (unpaired) electrons. The van der Waals surface area contributed by atoms with E-state index >= 15 is 0 Å². The molecule has 20 heavy (non-hydrogen) atoms. The van der Waals surface area contributed by atoms with E-state index in [9.17, 15) is 9.90 Å². The molecule has 0 bridgehead atoms. The zero-order valence-corrected chi connectivity index (χ0v) is 12.3. The smallest absolute Gasteiger partial charge is 0.236 e. The summed E-state index contributed by atoms with van der Waals surface area (Å²) >= 11 is 0. The van der Waals surface area contributed by atoms with E-state index in [1.165, 1.54) is 0 Å². The number of carbonyl (C=O) groups is 1. The number of methoxy groups -OCH3 is 1. The summed E-state index contributed by atoms with van der Waals surface area (Å²) in [4.78, 5) is 11.9. The molecule has 1 aromatic rings. The van der Waals surface area contributed by atoms with Crippen LogP contribution in [0.4, 0.5) is 0 Å². The zero-order chi connectivity index (χ0) is 15.0. The number of benzene rings is 1. The number of phenols is 1. The highest BCUT2D eigenvalue weighted by atomic mass is 16.5. The first kappa shape index (κ1) is 16.5. The summed E-state index contributed by atoms with van der Waals surface area (Å²) in [6.07, 6.45) is 0.785. The van der Waals surface area contributed by atoms with Gasteiger partial charge in [-0.15, -0.1) is 0 Å². The molecule has 5 heteroatoms. The van der Waals surface area contributed by atoms with Crippen LogP contribution in [-0.2, 0) is 9.53 Å². The van der Waals surface area contributed by atoms with Crippen molar-refractivity contribution in [3.8, 4) is 5.75 Å². The number of aromatic hydroxyl groups is 1. The van der Waals surface area contributed by atoms with Gasteiger partial charge in [0.1, 0.15) is 5.75 Å². The van der Waals surface area contributed by atoms with Gasteiger partial charge in [0.05, 0.1) is 12.6 Å². The van der Waals surface area contributed by atoms with Crippen molar-refractivity contribution in [1.82, 2.24) is 10.6 Å². The lowest BCUT2D eigenvalue weighted by Gasteiger charge is -2.23. The van der Waals surface area contributed by atoms with E-state index in [1.54, 1.807) is 19.2 Å². The quantitative estimate of drug-likeness (QED) is 0.632. The third-order valence-corrected chi connectivity index (χ3v) is 3.17. The van der Waals surface area contributed by atoms with Gasteiger partial charge in [0.25, 0.3) is 0 Å². The molecule has 0 aliphatic rings. The van der Waals surface area contributed by atoms with E-state index in [1.807, 2.05) is 26.0 Å². The van der Waals surface area contributed by atoms with Gasteiger partial charge in [-0.2, -0.15) is 0 Å². The Morgan fingerprint density at radius 1 is 1.40 bits per heavy atom. The number of amides is 1. The summed E-state index contributed by atoms with van der Waals surface area (Å²) in [7, 11) is 1.60. The maximum atomic E-state index is 11.9. The van der Waals surface area contributed by atoms with Crippen molar-refractivity contribution in [2.24, 2.45) is 0 Å². The molecule has 0 heterocycles. The third kappa shape index (κ3) is 4.83. The molecule has 0 aliphatic carbocycles. The number of ether oxygens (including phenoxy) is 1. The van der Waals surface area contributed by atoms with Crippen LogP contribution in [0.1, 0.15) is 31.9 Å². The van der Waals surface area contributed by atoms with Crippen LogP contribution in [0.15, 0.2) is 24.3 Å². The van der Waals surface area contributed by atoms with Gasteiger partial charge < -0.3 is 15.2 Å². The van der Waals surface area contributed by atoms with Gasteiger partial charge in [-0.05, 0) is 19.4 Å². The van der Waals surface area contributed by atoms with Crippen molar-refractivity contribution in [3.05, 3.63) is 29.8 Å². The SMILES string of the molecule is CCC(NC(C)C(=O)NCCOC)c1ccccc1O. The maximum absolute atomic E-state index is 11.9. The predicted octanol–water partition coefficient (Wildman–Crippen LogP) is 1.58. The molecule has 112 valence electrons. The normalized spacial score (nSPS) is 13.8. The molecule has 0 saturated heterocycles. The Hall–Kier alpha value is -1.59. The van der Waals surface area contributed by atoms with Crippen molar-refractivity contribution < 1.29 is 14.6 Å². The van der Waals surface area contributed by atoms with Gasteiger partial charge in [0, 0.05) is 25.3 Å². The molecule has 0 aromatic heterocycles. The summed E-state index contributed by atoms with van der Waals surface area (Å²) < 4.78 is 4.89. The van der Waals surface area contributed by atoms with E-state index in [0.717, 1.165) is 12.0 Å². The number of phenolic OH excluding ortho intramolecular Hbond substituents is 1. The van der Waals surface area contributed by atoms with E-state index in [-0.39, 0.29) is 23.7 Å². The van der Waals surface area contributed by atoms with Gasteiger partial charge in [-0.1, -0.05) is 25.1 Å². The minimum Gasteiger partial charge on any atom is -0.508 e. The van der Waals surface area contributed by atoms with Crippen molar-refractivity contribution >= 4 is 5.91 Å². The largest absolute Gasteiger partial charge is 0.508 e. The van der Waals surface area contributed by atoms with Gasteiger partial charge in [-0.3, -0.25) is 10.1 Å². The third-order valence-electron chi connectivity index (χ3n) is 3.17. The Kier molecular flexibility index (Phi) is 7.04. The molecular formula is C15H24N2O3. The van der Waals surface area contributed by atoms with Crippen LogP contribution in [0.2, 0.25) is 0 Å². The molecule has 0 saturated carbocycles. The number of carbonyl (C=O) groups excluding carboxylic acids is 1. The monoisotopic (exact) mass is 280 g/mol. The van der Waals surface area contributed by atoms with Gasteiger partial charge in [-0.25, -0.2) is 0 Å². The predicted molar refractivity (Wildman–Crippen MR) is 78.6 cm³/mol. The summed E-state index contributed by atoms with van der Waals surface area (Å²) in [5.74, 6) is 0.176. The summed E-state index contributed by atoms with van der Waals surface area (Å²) in [6, 6.07) is 6.79. The molecule has 0 fully saturated rings. The fraction of sp³-hybridized carbons (Fsp3) is 0.533. The van der Waals surface area contributed by atoms with Crippen LogP contribution in [-0.4, -0.2) is 37.3 Å². The average Bonchev–Trinajstić information content (AvgIpc) is 2.45. The molecular weight excluding hydrogens is 256 g/mol. The highest BCUT2D eigenvalue weighted by Gasteiger charge is 2.19. The molecule has 2 atom stereocenters. The maximum Gasteiger partial charge on any atom is 0.236 e. The average molecular weight is 280 g/mol. The molecule has 1 amide bonds. The van der Waals surface area contributed by atoms with E-state index in [4.69, 9.17) is 4.74 Å². The number of hydrogen-bond acceptors (Lipinski definition) is 4. The molecule has 3 N–H and O–H groups in total. The van der Waals surface area contributed by atoms with Gasteiger partial charge >= 0.3 is 0 Å². The van der Waals surface area contributed by atoms with Crippen molar-refractivity contribution in [2.75, 3.05) is 20.3 Å². The van der Waals surface area contributed by atoms with E-state index < -0.39 is 0 Å². The van der Waals surface area contributed by atoms with Crippen molar-refractivity contribution in [3.63, 3.8) is 0 Å². The second kappa shape index (κ2) is 8.55. The van der Waals surface area contributed by atoms with Crippen molar-refractivity contribution in [2.45, 2.75) is 32.4 Å². The number of rotatable bonds is 8. The molecule has 1 aromatic carbocycles. The first-order valence-corrected chi connectivity index (χ1v) is 6.90. The molecule has 2 unspecified atom stereocenters. The number of para-hydroxylation sites is 1. The lowest BCUT2D eigenvalue weighted by atomic mass is 10.0. The zero-order valence-electron chi connectivity index (χ0n) is 12.3. The van der Waals surface area contributed by atoms with Crippen LogP contribution in [0.25, 0.3) is 0 Å². The van der Waals surface area contributed by atoms with Crippen LogP contribution in [0.3, 0.4) is 0 Å². The summed E-state index contributed by atoms with van der Waals surface area (Å²) in [5.41, 5.74) is 0.812. The molecule has 0 spiro atoms. The van der Waals surface area contributed by atoms with E-state index in [0.29, 0.717) is 13.2 Å². The number of hydrogen-bond donors (Lipinski definition) is 3. The lowest BCUT2D eigenvalue weighted by molar-refractivity contribution is -0.123. The first-order chi connectivity index (χ1) is 9.60. The molecule has 0 aliphatic heterocycles. The Morgan fingerprint density at radius 2 is 2.10 bits per heavy atom. The number of nitrogens with one attached hydrogen (secondary N) is 2. The summed E-state index contributed by atoms with van der Waals surface area (Å²) in [6.45, 7) is 4.81. The Morgan fingerprint density at radius 3 is 2.70 bits per heavy atom. The molecule has 1 rings (SSSR count). The Balaban J connectivity index is 2.60. The standard InChI is InChI=1S/C15H24N2O3/c1-4-13(12-7-5-6-8-14(12)18)17-11(2)15(19)16-9-10-20-3/h5-8,11,13,17-18H,4,9-10H2,1-3H3,(H,16,19). The van der Waals surface area contributed by atoms with Gasteiger partial charge in [0.15, 0.2) is 0 Å². The highest BCUT2D eigenvalue weighted by Crippen LogP contribution is 2.26. The Bertz CT molecular complexity index is 423. The summed E-state index contributed by atoms with van der Waals surface area (Å²) in [5, 5.41) is 15.9. The second-order valence-electron chi connectivity index (χ2n) is 4.69. The molecule has 5 nitrogen and oxygen atoms in total. The van der Waals surface area contributed by atoms with Crippen LogP contribution in [0.5, 0.6) is 5.75 Å². The second-order valence-corrected chi connectivity index (χ2v) is 4.69. The topological polar surface area (TPSA) is 70.6 Å². The van der Waals surface area contributed by atoms with Crippen molar-refractivity contribution in [1.29, 1.82) is 0 Å². The van der Waals surface area contributed by atoms with Crippen LogP contribution in [0, 0.1) is 0 Å². The highest BCUT2D eigenvalue weighted by molar-refractivity contribution is 5.81. The first-order valence-electron chi connectivity index (χ1n) is 6.90. The fourth-order valence-electron chi connectivity index (χ4n) is 2.02. The van der Waals surface area contributed by atoms with E-state index in [2.05, 4.69) is 10.6 Å². The van der Waals surface area contributed by atoms with Gasteiger partial charge in [0.2, 0.25) is 5.91 Å². The minimum absolute atomic E-state index is 0.0561. The lowest BCUT2D eigenvalue weighted by Crippen LogP contribution is -2.44. The minimum atomic E-state index is -0.337. The van der Waals surface area contributed by atoms with Crippen LogP contribution < -0.4 is 10.6 Å². The Labute approximate surface area is 120 Å². The van der Waals surface area contributed by atoms with Crippen LogP contribution >= 0.6 is 0 Å².